The molecule has 7 rings (SSSR count). The van der Waals surface area contributed by atoms with Crippen LogP contribution in [0.5, 0.6) is 6.01 Å². The fraction of sp³-hybridized carbons (Fsp3) is 0.486. The van der Waals surface area contributed by atoms with Gasteiger partial charge in [-0.2, -0.15) is 15.2 Å². The third-order valence-corrected chi connectivity index (χ3v) is 10.3. The van der Waals surface area contributed by atoms with Gasteiger partial charge in [0, 0.05) is 56.3 Å². The average molecular weight is 682 g/mol. The van der Waals surface area contributed by atoms with Crippen LogP contribution in [-0.2, 0) is 17.8 Å². The molecule has 2 aromatic carbocycles. The number of hydrogen-bond acceptors (Lipinski definition) is 8. The summed E-state index contributed by atoms with van der Waals surface area (Å²) in [5, 5.41) is 8.95. The van der Waals surface area contributed by atoms with Gasteiger partial charge in [-0.25, -0.2) is 13.2 Å². The van der Waals surface area contributed by atoms with Gasteiger partial charge in [-0.3, -0.25) is 9.69 Å². The number of halogens is 4. The molecule has 0 bridgehead atoms. The zero-order chi connectivity index (χ0) is 33.8. The predicted molar refractivity (Wildman–Crippen MR) is 179 cm³/mol. The number of amides is 1. The van der Waals surface area contributed by atoms with Crippen molar-refractivity contribution in [3.63, 3.8) is 0 Å². The van der Waals surface area contributed by atoms with Crippen molar-refractivity contribution in [3.05, 3.63) is 64.3 Å². The highest BCUT2D eigenvalue weighted by molar-refractivity contribution is 6.36. The molecule has 9 nitrogen and oxygen atoms in total. The number of ether oxygens (including phenoxy) is 1. The van der Waals surface area contributed by atoms with Crippen molar-refractivity contribution >= 4 is 39.8 Å². The lowest BCUT2D eigenvalue weighted by Crippen LogP contribution is -2.49. The third kappa shape index (κ3) is 6.63. The Kier molecular flexibility index (Phi) is 10.3. The fourth-order valence-corrected chi connectivity index (χ4v) is 7.83. The first kappa shape index (κ1) is 33.8. The van der Waals surface area contributed by atoms with Gasteiger partial charge in [0.05, 0.1) is 28.9 Å². The number of carbonyl (C=O) groups excluding carboxylic acids is 1. The summed E-state index contributed by atoms with van der Waals surface area (Å²) in [7, 11) is 0. The van der Waals surface area contributed by atoms with E-state index in [1.165, 1.54) is 17.9 Å². The molecule has 1 amide bonds. The normalized spacial score (nSPS) is 19.0. The molecule has 13 heteroatoms. The van der Waals surface area contributed by atoms with Crippen molar-refractivity contribution in [2.45, 2.75) is 51.1 Å². The SMILES string of the molecule is CC#N.O=C(/C(F)=C/CF)N1CCN(c2nc(OCC34CCCN3CCC4)nc3c2CCN(c2cccc4ccc(F)c(Cl)c24)C3)CC1. The number of fused-ring (bicyclic) bond motifs is 3. The second-order valence-electron chi connectivity index (χ2n) is 12.6. The molecule has 3 fully saturated rings. The van der Waals surface area contributed by atoms with Gasteiger partial charge in [-0.05, 0) is 68.8 Å². The van der Waals surface area contributed by atoms with Gasteiger partial charge in [-0.15, -0.1) is 0 Å². The quantitative estimate of drug-likeness (QED) is 0.281. The number of piperazine rings is 1. The molecular formula is C35H39ClF3N7O2. The van der Waals surface area contributed by atoms with E-state index in [4.69, 9.17) is 31.6 Å². The van der Waals surface area contributed by atoms with Crippen LogP contribution in [0.3, 0.4) is 0 Å². The molecule has 0 N–H and O–H groups in total. The molecule has 0 aliphatic carbocycles. The van der Waals surface area contributed by atoms with Crippen LogP contribution in [0, 0.1) is 17.1 Å². The largest absolute Gasteiger partial charge is 0.461 e. The highest BCUT2D eigenvalue weighted by Crippen LogP contribution is 2.40. The minimum Gasteiger partial charge on any atom is -0.461 e. The molecule has 254 valence electrons. The minimum absolute atomic E-state index is 0.0262. The van der Waals surface area contributed by atoms with Crippen LogP contribution in [0.25, 0.3) is 10.8 Å². The molecule has 5 heterocycles. The molecule has 0 radical (unpaired) electrons. The van der Waals surface area contributed by atoms with Crippen molar-refractivity contribution in [1.82, 2.24) is 19.8 Å². The Balaban J connectivity index is 0.00000129. The zero-order valence-electron chi connectivity index (χ0n) is 27.0. The van der Waals surface area contributed by atoms with E-state index in [0.717, 1.165) is 66.9 Å². The van der Waals surface area contributed by atoms with E-state index in [9.17, 15) is 18.0 Å². The summed E-state index contributed by atoms with van der Waals surface area (Å²) in [6.07, 6.45) is 5.82. The van der Waals surface area contributed by atoms with Gasteiger partial charge in [0.15, 0.2) is 5.83 Å². The summed E-state index contributed by atoms with van der Waals surface area (Å²) >= 11 is 6.49. The van der Waals surface area contributed by atoms with Crippen LogP contribution in [-0.4, -0.2) is 90.3 Å². The van der Waals surface area contributed by atoms with Crippen LogP contribution in [0.1, 0.15) is 43.9 Å². The Morgan fingerprint density at radius 3 is 2.50 bits per heavy atom. The van der Waals surface area contributed by atoms with Gasteiger partial charge < -0.3 is 19.4 Å². The van der Waals surface area contributed by atoms with Gasteiger partial charge >= 0.3 is 6.01 Å². The number of hydrogen-bond donors (Lipinski definition) is 0. The fourth-order valence-electron chi connectivity index (χ4n) is 7.56. The number of anilines is 2. The molecule has 0 unspecified atom stereocenters. The molecule has 3 saturated heterocycles. The number of allylic oxidation sites excluding steroid dienone is 1. The van der Waals surface area contributed by atoms with E-state index in [2.05, 4.69) is 14.7 Å². The molecule has 3 aromatic rings. The molecule has 0 saturated carbocycles. The van der Waals surface area contributed by atoms with Gasteiger partial charge in [0.25, 0.3) is 5.91 Å². The van der Waals surface area contributed by atoms with E-state index in [-0.39, 0.29) is 23.7 Å². The lowest BCUT2D eigenvalue weighted by atomic mass is 9.95. The standard InChI is InChI=1S/C33H36ClF3N6O2.C2H3N/c34-29-24(36)7-6-22-4-1-5-27(28(22)29)42-15-9-23-26(20-42)38-32(45-21-33-10-2-13-43(33)14-3-11-33)39-30(23)40-16-18-41(19-17-40)31(44)25(37)8-12-35;1-2-3/h1,4-8H,2-3,9-21H2;1H3/b25-8-;. The second-order valence-corrected chi connectivity index (χ2v) is 13.0. The Bertz CT molecular complexity index is 1730. The lowest BCUT2D eigenvalue weighted by molar-refractivity contribution is -0.129. The zero-order valence-corrected chi connectivity index (χ0v) is 27.8. The monoisotopic (exact) mass is 681 g/mol. The summed E-state index contributed by atoms with van der Waals surface area (Å²) in [5.41, 5.74) is 2.69. The van der Waals surface area contributed by atoms with Gasteiger partial charge in [0.1, 0.15) is 24.9 Å². The number of aromatic nitrogens is 2. The van der Waals surface area contributed by atoms with E-state index >= 15 is 0 Å². The van der Waals surface area contributed by atoms with Gasteiger partial charge in [0.2, 0.25) is 0 Å². The van der Waals surface area contributed by atoms with Crippen LogP contribution >= 0.6 is 11.6 Å². The highest BCUT2D eigenvalue weighted by Gasteiger charge is 2.45. The van der Waals surface area contributed by atoms with Crippen molar-refractivity contribution in [2.24, 2.45) is 0 Å². The summed E-state index contributed by atoms with van der Waals surface area (Å²) in [4.78, 5) is 30.5. The maximum atomic E-state index is 14.6. The van der Waals surface area contributed by atoms with E-state index < -0.39 is 24.2 Å². The molecule has 0 atom stereocenters. The first-order valence-electron chi connectivity index (χ1n) is 16.4. The highest BCUT2D eigenvalue weighted by atomic mass is 35.5. The van der Waals surface area contributed by atoms with E-state index in [1.54, 1.807) is 12.1 Å². The number of nitriles is 1. The van der Waals surface area contributed by atoms with Crippen molar-refractivity contribution in [1.29, 1.82) is 5.26 Å². The maximum absolute atomic E-state index is 14.6. The summed E-state index contributed by atoms with van der Waals surface area (Å²) in [6.45, 7) is 5.66. The van der Waals surface area contributed by atoms with Crippen LogP contribution in [0.4, 0.5) is 24.7 Å². The number of carbonyl (C=O) groups is 1. The Labute approximate surface area is 283 Å². The topological polar surface area (TPSA) is 88.8 Å². The molecule has 4 aliphatic heterocycles. The van der Waals surface area contributed by atoms with Crippen molar-refractivity contribution < 1.29 is 22.7 Å². The number of nitrogens with zero attached hydrogens (tertiary/aromatic N) is 7. The lowest BCUT2D eigenvalue weighted by Gasteiger charge is -2.38. The molecular weight excluding hydrogens is 643 g/mol. The summed E-state index contributed by atoms with van der Waals surface area (Å²) < 4.78 is 47.6. The van der Waals surface area contributed by atoms with Crippen molar-refractivity contribution in [3.8, 4) is 12.1 Å². The smallest absolute Gasteiger partial charge is 0.318 e. The number of alkyl halides is 1. The average Bonchev–Trinajstić information content (AvgIpc) is 3.69. The summed E-state index contributed by atoms with van der Waals surface area (Å²) in [6, 6.07) is 11.0. The molecule has 0 spiro atoms. The molecule has 4 aliphatic rings. The Hall–Kier alpha value is -4.08. The number of rotatable bonds is 7. The Morgan fingerprint density at radius 1 is 1.06 bits per heavy atom. The van der Waals surface area contributed by atoms with Crippen LogP contribution in [0.15, 0.2) is 42.2 Å². The van der Waals surface area contributed by atoms with Crippen molar-refractivity contribution in [2.75, 3.05) is 68.9 Å². The molecule has 1 aromatic heterocycles. The first-order chi connectivity index (χ1) is 23.3. The Morgan fingerprint density at radius 2 is 1.79 bits per heavy atom. The predicted octanol–water partition coefficient (Wildman–Crippen LogP) is 5.99. The number of benzene rings is 2. The third-order valence-electron chi connectivity index (χ3n) is 9.88. The molecule has 48 heavy (non-hydrogen) atoms. The maximum Gasteiger partial charge on any atom is 0.318 e. The minimum atomic E-state index is -1.07. The van der Waals surface area contributed by atoms with Gasteiger partial charge in [-0.1, -0.05) is 29.8 Å². The second kappa shape index (κ2) is 14.6. The van der Waals surface area contributed by atoms with Crippen LogP contribution < -0.4 is 14.5 Å². The van der Waals surface area contributed by atoms with E-state index in [0.29, 0.717) is 56.7 Å². The van der Waals surface area contributed by atoms with E-state index in [1.807, 2.05) is 18.2 Å². The first-order valence-corrected chi connectivity index (χ1v) is 16.8. The summed E-state index contributed by atoms with van der Waals surface area (Å²) in [5.74, 6) is -1.56. The van der Waals surface area contributed by atoms with Crippen LogP contribution in [0.2, 0.25) is 5.02 Å².